The largest absolute Gasteiger partial charge is 0.491 e. The molecule has 0 radical (unpaired) electrons. The van der Waals surface area contributed by atoms with Crippen LogP contribution in [0.25, 0.3) is 0 Å². The second-order valence-electron chi connectivity index (χ2n) is 5.25. The van der Waals surface area contributed by atoms with E-state index in [1.165, 1.54) is 5.56 Å². The number of rotatable bonds is 16. The number of carboxylic acid groups (broad SMARTS) is 1. The van der Waals surface area contributed by atoms with Gasteiger partial charge in [0.1, 0.15) is 12.4 Å². The highest BCUT2D eigenvalue weighted by atomic mass is 16.6. The van der Waals surface area contributed by atoms with Gasteiger partial charge in [-0.3, -0.25) is 4.79 Å². The van der Waals surface area contributed by atoms with Crippen LogP contribution in [-0.2, 0) is 23.7 Å². The summed E-state index contributed by atoms with van der Waals surface area (Å²) in [6.45, 7) is 6.05. The molecule has 0 saturated carbocycles. The van der Waals surface area contributed by atoms with Crippen molar-refractivity contribution in [2.24, 2.45) is 0 Å². The summed E-state index contributed by atoms with van der Waals surface area (Å²) in [4.78, 5) is 10.2. The van der Waals surface area contributed by atoms with Crippen molar-refractivity contribution in [3.63, 3.8) is 0 Å². The first kappa shape index (κ1) is 21.4. The lowest BCUT2D eigenvalue weighted by Gasteiger charge is -2.08. The number of hydrogen-bond acceptors (Lipinski definition) is 6. The number of ether oxygens (including phenoxy) is 5. The first-order chi connectivity index (χ1) is 12.2. The highest BCUT2D eigenvalue weighted by Crippen LogP contribution is 2.10. The molecule has 1 aromatic rings. The van der Waals surface area contributed by atoms with Gasteiger partial charge >= 0.3 is 5.97 Å². The maximum Gasteiger partial charge on any atom is 0.305 e. The summed E-state index contributed by atoms with van der Waals surface area (Å²) < 4.78 is 26.7. The van der Waals surface area contributed by atoms with E-state index in [0.717, 1.165) is 5.75 Å². The summed E-state index contributed by atoms with van der Waals surface area (Å²) in [7, 11) is 0. The van der Waals surface area contributed by atoms with Crippen molar-refractivity contribution < 1.29 is 33.6 Å². The fourth-order valence-electron chi connectivity index (χ4n) is 1.77. The molecule has 0 spiro atoms. The summed E-state index contributed by atoms with van der Waals surface area (Å²) in [5, 5.41) is 8.42. The standard InChI is InChI=1S/C18H28O7/c1-16-2-4-17(5-3-16)25-15-14-24-13-12-23-11-10-22-9-8-21-7-6-18(19)20/h2-5H,6-15H2,1H3,(H,19,20). The van der Waals surface area contributed by atoms with Crippen molar-refractivity contribution in [3.8, 4) is 5.75 Å². The molecule has 7 nitrogen and oxygen atoms in total. The number of aryl methyl sites for hydroxylation is 1. The molecule has 0 bridgehead atoms. The maximum atomic E-state index is 10.2. The number of benzene rings is 1. The van der Waals surface area contributed by atoms with Crippen LogP contribution >= 0.6 is 0 Å². The normalized spacial score (nSPS) is 10.8. The molecular weight excluding hydrogens is 328 g/mol. The molecule has 0 saturated heterocycles. The van der Waals surface area contributed by atoms with E-state index in [1.54, 1.807) is 0 Å². The van der Waals surface area contributed by atoms with Crippen molar-refractivity contribution in [1.29, 1.82) is 0 Å². The zero-order chi connectivity index (χ0) is 18.2. The quantitative estimate of drug-likeness (QED) is 0.453. The Morgan fingerprint density at radius 1 is 0.760 bits per heavy atom. The lowest BCUT2D eigenvalue weighted by atomic mass is 10.2. The molecule has 1 rings (SSSR count). The molecule has 142 valence electrons. The monoisotopic (exact) mass is 356 g/mol. The van der Waals surface area contributed by atoms with Gasteiger partial charge in [-0.15, -0.1) is 0 Å². The molecule has 0 heterocycles. The molecule has 0 atom stereocenters. The Morgan fingerprint density at radius 2 is 1.20 bits per heavy atom. The van der Waals surface area contributed by atoms with Crippen LogP contribution in [0.15, 0.2) is 24.3 Å². The van der Waals surface area contributed by atoms with Gasteiger partial charge in [-0.1, -0.05) is 17.7 Å². The lowest BCUT2D eigenvalue weighted by Crippen LogP contribution is -2.14. The SMILES string of the molecule is Cc1ccc(OCCOCCOCCOCCOCCC(=O)O)cc1. The van der Waals surface area contributed by atoms with Gasteiger partial charge in [0.2, 0.25) is 0 Å². The van der Waals surface area contributed by atoms with Crippen molar-refractivity contribution in [2.45, 2.75) is 13.3 Å². The van der Waals surface area contributed by atoms with Crippen molar-refractivity contribution in [3.05, 3.63) is 29.8 Å². The third-order valence-electron chi connectivity index (χ3n) is 3.09. The molecule has 0 amide bonds. The second kappa shape index (κ2) is 14.7. The maximum absolute atomic E-state index is 10.2. The predicted octanol–water partition coefficient (Wildman–Crippen LogP) is 1.91. The third kappa shape index (κ3) is 13.3. The van der Waals surface area contributed by atoms with Gasteiger partial charge in [0, 0.05) is 0 Å². The Labute approximate surface area is 148 Å². The summed E-state index contributed by atoms with van der Waals surface area (Å²) in [6, 6.07) is 7.90. The molecule has 25 heavy (non-hydrogen) atoms. The van der Waals surface area contributed by atoms with E-state index < -0.39 is 5.97 Å². The van der Waals surface area contributed by atoms with Crippen LogP contribution in [0.4, 0.5) is 0 Å². The van der Waals surface area contributed by atoms with Gasteiger partial charge in [-0.05, 0) is 19.1 Å². The minimum atomic E-state index is -0.863. The van der Waals surface area contributed by atoms with E-state index in [-0.39, 0.29) is 13.0 Å². The van der Waals surface area contributed by atoms with E-state index in [4.69, 9.17) is 28.8 Å². The Hall–Kier alpha value is -1.67. The highest BCUT2D eigenvalue weighted by Gasteiger charge is 1.97. The minimum absolute atomic E-state index is 0.0131. The minimum Gasteiger partial charge on any atom is -0.491 e. The molecule has 0 unspecified atom stereocenters. The number of aliphatic carboxylic acids is 1. The Kier molecular flexibility index (Phi) is 12.5. The molecule has 0 aromatic heterocycles. The van der Waals surface area contributed by atoms with Crippen LogP contribution in [-0.4, -0.2) is 70.5 Å². The first-order valence-corrected chi connectivity index (χ1v) is 8.40. The molecule has 0 aliphatic heterocycles. The fourth-order valence-corrected chi connectivity index (χ4v) is 1.77. The van der Waals surface area contributed by atoms with Gasteiger partial charge < -0.3 is 28.8 Å². The molecule has 1 N–H and O–H groups in total. The van der Waals surface area contributed by atoms with E-state index in [0.29, 0.717) is 52.9 Å². The van der Waals surface area contributed by atoms with E-state index in [2.05, 4.69) is 0 Å². The molecule has 0 fully saturated rings. The van der Waals surface area contributed by atoms with Crippen molar-refractivity contribution >= 4 is 5.97 Å². The van der Waals surface area contributed by atoms with Gasteiger partial charge in [-0.2, -0.15) is 0 Å². The summed E-state index contributed by atoms with van der Waals surface area (Å²) in [5.74, 6) is -0.0206. The van der Waals surface area contributed by atoms with Gasteiger partial charge in [0.05, 0.1) is 59.3 Å². The van der Waals surface area contributed by atoms with E-state index in [9.17, 15) is 4.79 Å². The van der Waals surface area contributed by atoms with Crippen LogP contribution < -0.4 is 4.74 Å². The smallest absolute Gasteiger partial charge is 0.305 e. The highest BCUT2D eigenvalue weighted by molar-refractivity contribution is 5.66. The van der Waals surface area contributed by atoms with Gasteiger partial charge in [0.25, 0.3) is 0 Å². The van der Waals surface area contributed by atoms with Crippen LogP contribution in [0.5, 0.6) is 5.75 Å². The number of carboxylic acids is 1. The van der Waals surface area contributed by atoms with E-state index >= 15 is 0 Å². The van der Waals surface area contributed by atoms with Gasteiger partial charge in [-0.25, -0.2) is 0 Å². The Morgan fingerprint density at radius 3 is 1.68 bits per heavy atom. The second-order valence-corrected chi connectivity index (χ2v) is 5.25. The summed E-state index contributed by atoms with van der Waals surface area (Å²) in [6.07, 6.45) is 0.0131. The average molecular weight is 356 g/mol. The first-order valence-electron chi connectivity index (χ1n) is 8.40. The molecule has 0 aliphatic carbocycles. The van der Waals surface area contributed by atoms with Crippen LogP contribution in [0.2, 0.25) is 0 Å². The van der Waals surface area contributed by atoms with Crippen LogP contribution in [0.3, 0.4) is 0 Å². The zero-order valence-corrected chi connectivity index (χ0v) is 14.8. The van der Waals surface area contributed by atoms with Crippen LogP contribution in [0, 0.1) is 6.92 Å². The van der Waals surface area contributed by atoms with E-state index in [1.807, 2.05) is 31.2 Å². The van der Waals surface area contributed by atoms with Crippen molar-refractivity contribution in [1.82, 2.24) is 0 Å². The fraction of sp³-hybridized carbons (Fsp3) is 0.611. The van der Waals surface area contributed by atoms with Crippen LogP contribution in [0.1, 0.15) is 12.0 Å². The molecule has 0 aliphatic rings. The summed E-state index contributed by atoms with van der Waals surface area (Å²) in [5.41, 5.74) is 1.20. The predicted molar refractivity (Wildman–Crippen MR) is 92.2 cm³/mol. The zero-order valence-electron chi connectivity index (χ0n) is 14.8. The summed E-state index contributed by atoms with van der Waals surface area (Å²) >= 11 is 0. The van der Waals surface area contributed by atoms with Crippen molar-refractivity contribution in [2.75, 3.05) is 59.5 Å². The topological polar surface area (TPSA) is 83.5 Å². The molecule has 1 aromatic carbocycles. The number of carbonyl (C=O) groups is 1. The Bertz CT molecular complexity index is 447. The number of hydrogen-bond donors (Lipinski definition) is 1. The average Bonchev–Trinajstić information content (AvgIpc) is 2.59. The molecular formula is C18H28O7. The third-order valence-corrected chi connectivity index (χ3v) is 3.09. The molecule has 7 heteroatoms. The Balaban J connectivity index is 1.76. The van der Waals surface area contributed by atoms with Gasteiger partial charge in [0.15, 0.2) is 0 Å². The lowest BCUT2D eigenvalue weighted by molar-refractivity contribution is -0.138.